The van der Waals surface area contributed by atoms with Gasteiger partial charge >= 0.3 is 6.03 Å². The van der Waals surface area contributed by atoms with Gasteiger partial charge in [-0.3, -0.25) is 4.90 Å². The molecule has 2 aliphatic heterocycles. The number of halogens is 2. The number of carbonyl (C=O) groups is 1. The Labute approximate surface area is 141 Å². The molecule has 2 aliphatic rings. The molecule has 0 bridgehead atoms. The maximum atomic E-state index is 12.9. The summed E-state index contributed by atoms with van der Waals surface area (Å²) in [7, 11) is 0. The minimum Gasteiger partial charge on any atom is -0.334 e. The van der Waals surface area contributed by atoms with Gasteiger partial charge in [-0.15, -0.1) is 0 Å². The monoisotopic (exact) mass is 337 g/mol. The lowest BCUT2D eigenvalue weighted by molar-refractivity contribution is 0.0933. The van der Waals surface area contributed by atoms with E-state index in [0.717, 1.165) is 31.5 Å². The van der Waals surface area contributed by atoms with Gasteiger partial charge in [0.05, 0.1) is 6.54 Å². The van der Waals surface area contributed by atoms with Crippen LogP contribution >= 0.6 is 0 Å². The number of fused-ring (bicyclic) bond motifs is 1. The highest BCUT2D eigenvalue weighted by atomic mass is 19.3. The summed E-state index contributed by atoms with van der Waals surface area (Å²) in [5, 5.41) is 3.02. The smallest absolute Gasteiger partial charge is 0.318 e. The highest BCUT2D eigenvalue weighted by Crippen LogP contribution is 2.27. The van der Waals surface area contributed by atoms with E-state index in [9.17, 15) is 13.6 Å². The normalized spacial score (nSPS) is 24.0. The van der Waals surface area contributed by atoms with E-state index in [2.05, 4.69) is 10.2 Å². The summed E-state index contributed by atoms with van der Waals surface area (Å²) in [5.41, 5.74) is 0.860. The predicted octanol–water partition coefficient (Wildman–Crippen LogP) is 3.09. The molecule has 2 fully saturated rings. The second kappa shape index (κ2) is 7.92. The number of nitrogens with zero attached hydrogens (tertiary/aromatic N) is 2. The number of piperidine rings is 1. The average molecular weight is 337 g/mol. The van der Waals surface area contributed by atoms with E-state index in [-0.39, 0.29) is 18.6 Å². The second-order valence-electron chi connectivity index (χ2n) is 6.70. The standard InChI is InChI=1S/C18H25F2N3O/c19-17(20)13-23(12-14-6-2-1-3-7-14)18(24)21-15-9-11-22-10-5-4-8-16(15)22/h1-3,6-7,15-17H,4-5,8-13H2,(H,21,24)/t15-,16-/m1/s1. The lowest BCUT2D eigenvalue weighted by atomic mass is 9.99. The lowest BCUT2D eigenvalue weighted by Gasteiger charge is -2.33. The van der Waals surface area contributed by atoms with E-state index in [4.69, 9.17) is 0 Å². The Morgan fingerprint density at radius 3 is 2.75 bits per heavy atom. The molecular formula is C18H25F2N3O. The number of urea groups is 1. The first-order valence-corrected chi connectivity index (χ1v) is 8.75. The third-order valence-corrected chi connectivity index (χ3v) is 5.03. The molecule has 1 aromatic rings. The average Bonchev–Trinajstić information content (AvgIpc) is 2.98. The van der Waals surface area contributed by atoms with Crippen molar-refractivity contribution in [1.82, 2.24) is 15.1 Å². The van der Waals surface area contributed by atoms with Crippen molar-refractivity contribution in [3.63, 3.8) is 0 Å². The number of benzene rings is 1. The van der Waals surface area contributed by atoms with Gasteiger partial charge in [0.15, 0.2) is 0 Å². The van der Waals surface area contributed by atoms with Gasteiger partial charge < -0.3 is 10.2 Å². The summed E-state index contributed by atoms with van der Waals surface area (Å²) >= 11 is 0. The van der Waals surface area contributed by atoms with Gasteiger partial charge in [-0.05, 0) is 31.4 Å². The fourth-order valence-electron chi connectivity index (χ4n) is 3.86. The van der Waals surface area contributed by atoms with Crippen molar-refractivity contribution >= 4 is 6.03 Å². The van der Waals surface area contributed by atoms with Gasteiger partial charge in [-0.1, -0.05) is 36.8 Å². The van der Waals surface area contributed by atoms with Gasteiger partial charge in [0.25, 0.3) is 6.43 Å². The molecule has 0 aliphatic carbocycles. The number of hydrogen-bond donors (Lipinski definition) is 1. The number of amides is 2. The Bertz CT molecular complexity index is 540. The van der Waals surface area contributed by atoms with E-state index < -0.39 is 13.0 Å². The van der Waals surface area contributed by atoms with E-state index in [0.29, 0.717) is 6.04 Å². The summed E-state index contributed by atoms with van der Waals surface area (Å²) < 4.78 is 25.8. The van der Waals surface area contributed by atoms with Gasteiger partial charge in [0, 0.05) is 25.2 Å². The maximum absolute atomic E-state index is 12.9. The Kier molecular flexibility index (Phi) is 5.66. The summed E-state index contributed by atoms with van der Waals surface area (Å²) in [5.74, 6) is 0. The molecule has 2 heterocycles. The van der Waals surface area contributed by atoms with E-state index in [1.54, 1.807) is 0 Å². The molecule has 4 nitrogen and oxygen atoms in total. The first-order chi connectivity index (χ1) is 11.6. The molecule has 0 saturated carbocycles. The zero-order valence-corrected chi connectivity index (χ0v) is 13.8. The van der Waals surface area contributed by atoms with Crippen LogP contribution in [0.25, 0.3) is 0 Å². The molecule has 0 unspecified atom stereocenters. The van der Waals surface area contributed by atoms with Crippen molar-refractivity contribution in [2.45, 2.75) is 50.7 Å². The summed E-state index contributed by atoms with van der Waals surface area (Å²) in [6, 6.07) is 9.35. The number of carbonyl (C=O) groups excluding carboxylic acids is 1. The Hall–Kier alpha value is -1.69. The van der Waals surface area contributed by atoms with E-state index in [1.165, 1.54) is 17.7 Å². The first kappa shape index (κ1) is 17.1. The van der Waals surface area contributed by atoms with Gasteiger partial charge in [-0.25, -0.2) is 13.6 Å². The zero-order valence-electron chi connectivity index (χ0n) is 13.8. The number of alkyl halides is 2. The van der Waals surface area contributed by atoms with Crippen molar-refractivity contribution in [3.8, 4) is 0 Å². The quantitative estimate of drug-likeness (QED) is 0.896. The molecule has 0 radical (unpaired) electrons. The summed E-state index contributed by atoms with van der Waals surface area (Å²) in [4.78, 5) is 16.2. The maximum Gasteiger partial charge on any atom is 0.318 e. The molecule has 24 heavy (non-hydrogen) atoms. The fraction of sp³-hybridized carbons (Fsp3) is 0.611. The highest BCUT2D eigenvalue weighted by Gasteiger charge is 2.37. The van der Waals surface area contributed by atoms with Crippen LogP contribution in [0.5, 0.6) is 0 Å². The van der Waals surface area contributed by atoms with Gasteiger partial charge in [-0.2, -0.15) is 0 Å². The van der Waals surface area contributed by atoms with Crippen molar-refractivity contribution in [2.75, 3.05) is 19.6 Å². The molecule has 132 valence electrons. The summed E-state index contributed by atoms with van der Waals surface area (Å²) in [6.07, 6.45) is 1.85. The van der Waals surface area contributed by atoms with Gasteiger partial charge in [0.1, 0.15) is 0 Å². The van der Waals surface area contributed by atoms with Crippen molar-refractivity contribution in [2.24, 2.45) is 0 Å². The molecule has 3 rings (SSSR count). The Morgan fingerprint density at radius 1 is 1.21 bits per heavy atom. The van der Waals surface area contributed by atoms with Crippen LogP contribution in [0.4, 0.5) is 13.6 Å². The zero-order chi connectivity index (χ0) is 16.9. The van der Waals surface area contributed by atoms with Crippen LogP contribution in [-0.4, -0.2) is 54.0 Å². The molecule has 2 saturated heterocycles. The van der Waals surface area contributed by atoms with Gasteiger partial charge in [0.2, 0.25) is 0 Å². The minimum absolute atomic E-state index is 0.0775. The van der Waals surface area contributed by atoms with Crippen molar-refractivity contribution < 1.29 is 13.6 Å². The molecule has 6 heteroatoms. The Balaban J connectivity index is 1.62. The Morgan fingerprint density at radius 2 is 2.00 bits per heavy atom. The van der Waals surface area contributed by atoms with Crippen LogP contribution in [0.15, 0.2) is 30.3 Å². The van der Waals surface area contributed by atoms with E-state index >= 15 is 0 Å². The largest absolute Gasteiger partial charge is 0.334 e. The second-order valence-corrected chi connectivity index (χ2v) is 6.70. The fourth-order valence-corrected chi connectivity index (χ4v) is 3.86. The molecule has 1 N–H and O–H groups in total. The molecule has 2 amide bonds. The molecule has 1 aromatic carbocycles. The number of hydrogen-bond acceptors (Lipinski definition) is 2. The highest BCUT2D eigenvalue weighted by molar-refractivity contribution is 5.74. The van der Waals surface area contributed by atoms with Crippen LogP contribution in [0.1, 0.15) is 31.2 Å². The van der Waals surface area contributed by atoms with Crippen LogP contribution in [0, 0.1) is 0 Å². The van der Waals surface area contributed by atoms with Crippen molar-refractivity contribution in [1.29, 1.82) is 0 Å². The molecule has 2 atom stereocenters. The third kappa shape index (κ3) is 4.23. The minimum atomic E-state index is -2.53. The third-order valence-electron chi connectivity index (χ3n) is 5.03. The number of rotatable bonds is 5. The first-order valence-electron chi connectivity index (χ1n) is 8.75. The number of nitrogens with one attached hydrogen (secondary N) is 1. The predicted molar refractivity (Wildman–Crippen MR) is 89.0 cm³/mol. The molecular weight excluding hydrogens is 312 g/mol. The van der Waals surface area contributed by atoms with Crippen LogP contribution < -0.4 is 5.32 Å². The van der Waals surface area contributed by atoms with E-state index in [1.807, 2.05) is 30.3 Å². The van der Waals surface area contributed by atoms with Crippen LogP contribution in [0.3, 0.4) is 0 Å². The summed E-state index contributed by atoms with van der Waals surface area (Å²) in [6.45, 7) is 1.74. The molecule has 0 aromatic heterocycles. The molecule has 0 spiro atoms. The SMILES string of the molecule is O=C(N[C@@H]1CCN2CCCC[C@H]12)N(Cc1ccccc1)CC(F)F. The lowest BCUT2D eigenvalue weighted by Crippen LogP contribution is -2.51. The van der Waals surface area contributed by atoms with Crippen molar-refractivity contribution in [3.05, 3.63) is 35.9 Å². The topological polar surface area (TPSA) is 35.6 Å². The van der Waals surface area contributed by atoms with Crippen LogP contribution in [0.2, 0.25) is 0 Å². The van der Waals surface area contributed by atoms with Crippen LogP contribution in [-0.2, 0) is 6.54 Å².